The predicted octanol–water partition coefficient (Wildman–Crippen LogP) is 4.95. The lowest BCUT2D eigenvalue weighted by atomic mass is 10.2. The van der Waals surface area contributed by atoms with Crippen molar-refractivity contribution in [3.63, 3.8) is 0 Å². The Balaban J connectivity index is 2.19. The molecular formula is C15H9ClF2N2S. The van der Waals surface area contributed by atoms with E-state index in [1.807, 2.05) is 30.5 Å². The zero-order valence-electron chi connectivity index (χ0n) is 10.9. The molecule has 0 aliphatic rings. The summed E-state index contributed by atoms with van der Waals surface area (Å²) < 4.78 is 27.1. The lowest BCUT2D eigenvalue weighted by Crippen LogP contribution is -1.95. The molecular weight excluding hydrogens is 314 g/mol. The van der Waals surface area contributed by atoms with Gasteiger partial charge in [0.15, 0.2) is 11.6 Å². The summed E-state index contributed by atoms with van der Waals surface area (Å²) in [5, 5.41) is 0.195. The normalized spacial score (nSPS) is 11.0. The van der Waals surface area contributed by atoms with Gasteiger partial charge in [0, 0.05) is 21.9 Å². The zero-order chi connectivity index (χ0) is 15.0. The first-order valence-corrected chi connectivity index (χ1v) is 7.65. The quantitative estimate of drug-likeness (QED) is 0.493. The molecule has 3 aromatic rings. The molecule has 1 aromatic heterocycles. The van der Waals surface area contributed by atoms with Crippen molar-refractivity contribution in [1.82, 2.24) is 9.97 Å². The summed E-state index contributed by atoms with van der Waals surface area (Å²) in [5.74, 6) is -1.15. The van der Waals surface area contributed by atoms with Gasteiger partial charge in [0.1, 0.15) is 16.5 Å². The Kier molecular flexibility index (Phi) is 3.78. The maximum atomic E-state index is 13.8. The van der Waals surface area contributed by atoms with Crippen LogP contribution in [0.4, 0.5) is 8.78 Å². The van der Waals surface area contributed by atoms with Crippen LogP contribution in [0.3, 0.4) is 0 Å². The van der Waals surface area contributed by atoms with Crippen LogP contribution in [0.1, 0.15) is 0 Å². The molecule has 0 amide bonds. The number of aromatic nitrogens is 2. The molecule has 0 aliphatic carbocycles. The third-order valence-electron chi connectivity index (χ3n) is 3.02. The lowest BCUT2D eigenvalue weighted by molar-refractivity contribution is 0.590. The highest BCUT2D eigenvalue weighted by molar-refractivity contribution is 7.98. The van der Waals surface area contributed by atoms with Gasteiger partial charge in [0.05, 0.1) is 0 Å². The number of hydrogen-bond acceptors (Lipinski definition) is 3. The summed E-state index contributed by atoms with van der Waals surface area (Å²) in [6.45, 7) is 0. The third kappa shape index (κ3) is 2.71. The second-order valence-electron chi connectivity index (χ2n) is 4.35. The molecule has 0 saturated carbocycles. The minimum atomic E-state index is -0.753. The number of hydrogen-bond donors (Lipinski definition) is 0. The Morgan fingerprint density at radius 3 is 2.43 bits per heavy atom. The molecule has 1 heterocycles. The summed E-state index contributed by atoms with van der Waals surface area (Å²) in [4.78, 5) is 9.38. The van der Waals surface area contributed by atoms with E-state index >= 15 is 0 Å². The topological polar surface area (TPSA) is 25.8 Å². The van der Waals surface area contributed by atoms with Gasteiger partial charge in [-0.2, -0.15) is 0 Å². The van der Waals surface area contributed by atoms with Crippen LogP contribution in [0.15, 0.2) is 41.3 Å². The van der Waals surface area contributed by atoms with Crippen LogP contribution in [0.25, 0.3) is 22.3 Å². The summed E-state index contributed by atoms with van der Waals surface area (Å²) in [5.41, 5.74) is 0.737. The molecule has 0 aliphatic heterocycles. The Hall–Kier alpha value is -1.72. The van der Waals surface area contributed by atoms with Crippen molar-refractivity contribution in [3.8, 4) is 11.4 Å². The Bertz CT molecular complexity index is 822. The summed E-state index contributed by atoms with van der Waals surface area (Å²) in [6, 6.07) is 9.42. The van der Waals surface area contributed by atoms with E-state index in [0.29, 0.717) is 5.82 Å². The van der Waals surface area contributed by atoms with E-state index < -0.39 is 11.6 Å². The van der Waals surface area contributed by atoms with Crippen LogP contribution >= 0.6 is 23.4 Å². The van der Waals surface area contributed by atoms with Crippen LogP contribution in [-0.2, 0) is 0 Å². The minimum Gasteiger partial charge on any atom is -0.225 e. The van der Waals surface area contributed by atoms with Gasteiger partial charge in [-0.05, 0) is 24.5 Å². The van der Waals surface area contributed by atoms with Crippen molar-refractivity contribution in [1.29, 1.82) is 0 Å². The van der Waals surface area contributed by atoms with Gasteiger partial charge >= 0.3 is 0 Å². The fourth-order valence-corrected chi connectivity index (χ4v) is 2.62. The van der Waals surface area contributed by atoms with Crippen molar-refractivity contribution in [2.75, 3.05) is 6.26 Å². The first-order valence-electron chi connectivity index (χ1n) is 6.05. The molecule has 0 N–H and O–H groups in total. The molecule has 21 heavy (non-hydrogen) atoms. The van der Waals surface area contributed by atoms with Crippen LogP contribution in [-0.4, -0.2) is 16.2 Å². The maximum absolute atomic E-state index is 13.8. The third-order valence-corrected chi connectivity index (χ3v) is 4.05. The average molecular weight is 323 g/mol. The van der Waals surface area contributed by atoms with E-state index in [4.69, 9.17) is 11.6 Å². The number of nitrogens with zero attached hydrogens (tertiary/aromatic N) is 2. The predicted molar refractivity (Wildman–Crippen MR) is 81.7 cm³/mol. The molecule has 2 aromatic carbocycles. The fraction of sp³-hybridized carbons (Fsp3) is 0.0667. The largest absolute Gasteiger partial charge is 0.225 e. The van der Waals surface area contributed by atoms with E-state index in [1.165, 1.54) is 0 Å². The van der Waals surface area contributed by atoms with Crippen molar-refractivity contribution in [2.45, 2.75) is 4.90 Å². The maximum Gasteiger partial charge on any atom is 0.161 e. The first kappa shape index (κ1) is 14.2. The van der Waals surface area contributed by atoms with Crippen molar-refractivity contribution in [3.05, 3.63) is 53.2 Å². The second kappa shape index (κ2) is 5.58. The van der Waals surface area contributed by atoms with Crippen LogP contribution in [0, 0.1) is 11.6 Å². The van der Waals surface area contributed by atoms with Gasteiger partial charge in [0.25, 0.3) is 0 Å². The van der Waals surface area contributed by atoms with Crippen molar-refractivity contribution < 1.29 is 8.78 Å². The lowest BCUT2D eigenvalue weighted by Gasteiger charge is -2.06. The monoisotopic (exact) mass is 322 g/mol. The molecule has 106 valence electrons. The van der Waals surface area contributed by atoms with Gasteiger partial charge < -0.3 is 0 Å². The van der Waals surface area contributed by atoms with Gasteiger partial charge in [-0.1, -0.05) is 23.7 Å². The summed E-state index contributed by atoms with van der Waals surface area (Å²) in [6.07, 6.45) is 1.97. The van der Waals surface area contributed by atoms with E-state index in [2.05, 4.69) is 9.97 Å². The van der Waals surface area contributed by atoms with Crippen molar-refractivity contribution in [2.24, 2.45) is 0 Å². The molecule has 6 heteroatoms. The van der Waals surface area contributed by atoms with E-state index in [1.54, 1.807) is 11.8 Å². The van der Waals surface area contributed by atoms with Crippen molar-refractivity contribution >= 4 is 34.3 Å². The molecule has 0 atom stereocenters. The van der Waals surface area contributed by atoms with Gasteiger partial charge in [-0.15, -0.1) is 11.8 Å². The highest BCUT2D eigenvalue weighted by Gasteiger charge is 2.13. The van der Waals surface area contributed by atoms with E-state index in [9.17, 15) is 8.78 Å². The molecule has 3 rings (SSSR count). The summed E-state index contributed by atoms with van der Waals surface area (Å²) >= 11 is 7.64. The van der Waals surface area contributed by atoms with Gasteiger partial charge in [-0.3, -0.25) is 0 Å². The number of halogens is 3. The summed E-state index contributed by atoms with van der Waals surface area (Å²) in [7, 11) is 0. The average Bonchev–Trinajstić information content (AvgIpc) is 2.48. The van der Waals surface area contributed by atoms with E-state index in [-0.39, 0.29) is 16.1 Å². The molecule has 0 fully saturated rings. The SMILES string of the molecule is CSc1ccc(-c2nc(Cl)c3cc(F)cc(F)c3n2)cc1. The van der Waals surface area contributed by atoms with Crippen LogP contribution < -0.4 is 0 Å². The smallest absolute Gasteiger partial charge is 0.161 e. The molecule has 0 saturated heterocycles. The molecule has 0 radical (unpaired) electrons. The molecule has 2 nitrogen and oxygen atoms in total. The number of benzene rings is 2. The standard InChI is InChI=1S/C15H9ClF2N2S/c1-21-10-4-2-8(3-5-10)15-19-13-11(14(16)20-15)6-9(17)7-12(13)18/h2-7H,1H3. The molecule has 0 bridgehead atoms. The molecule has 0 unspecified atom stereocenters. The minimum absolute atomic E-state index is 0.0142. The second-order valence-corrected chi connectivity index (χ2v) is 5.59. The zero-order valence-corrected chi connectivity index (χ0v) is 12.5. The first-order chi connectivity index (χ1) is 10.1. The highest BCUT2D eigenvalue weighted by Crippen LogP contribution is 2.28. The van der Waals surface area contributed by atoms with E-state index in [0.717, 1.165) is 22.6 Å². The van der Waals surface area contributed by atoms with Crippen LogP contribution in [0.5, 0.6) is 0 Å². The van der Waals surface area contributed by atoms with Crippen LogP contribution in [0.2, 0.25) is 5.15 Å². The number of rotatable bonds is 2. The Labute approximate surface area is 129 Å². The molecule has 0 spiro atoms. The van der Waals surface area contributed by atoms with Gasteiger partial charge in [0.2, 0.25) is 0 Å². The fourth-order valence-electron chi connectivity index (χ4n) is 1.99. The Morgan fingerprint density at radius 1 is 1.05 bits per heavy atom. The number of thioether (sulfide) groups is 1. The Morgan fingerprint density at radius 2 is 1.76 bits per heavy atom. The number of fused-ring (bicyclic) bond motifs is 1. The highest BCUT2D eigenvalue weighted by atomic mass is 35.5. The van der Waals surface area contributed by atoms with Gasteiger partial charge in [-0.25, -0.2) is 18.7 Å².